The number of hydrogen-bond acceptors (Lipinski definition) is 2. The zero-order valence-electron chi connectivity index (χ0n) is 10.7. The minimum atomic E-state index is -0.104. The van der Waals surface area contributed by atoms with Gasteiger partial charge in [-0.15, -0.1) is 0 Å². The number of anilines is 1. The van der Waals surface area contributed by atoms with E-state index in [9.17, 15) is 4.39 Å². The lowest BCUT2D eigenvalue weighted by Crippen LogP contribution is -2.46. The van der Waals surface area contributed by atoms with Crippen LogP contribution in [0.5, 0.6) is 0 Å². The van der Waals surface area contributed by atoms with E-state index in [-0.39, 0.29) is 5.82 Å². The minimum Gasteiger partial charge on any atom is -0.368 e. The molecule has 1 aliphatic heterocycles. The number of rotatable bonds is 3. The maximum atomic E-state index is 13.8. The lowest BCUT2D eigenvalue weighted by Gasteiger charge is -2.35. The van der Waals surface area contributed by atoms with Gasteiger partial charge in [0.15, 0.2) is 0 Å². The van der Waals surface area contributed by atoms with Crippen molar-refractivity contribution in [2.45, 2.75) is 32.7 Å². The number of piperidine rings is 1. The van der Waals surface area contributed by atoms with Gasteiger partial charge >= 0.3 is 0 Å². The van der Waals surface area contributed by atoms with Crippen molar-refractivity contribution in [3.05, 3.63) is 29.6 Å². The van der Waals surface area contributed by atoms with Crippen molar-refractivity contribution in [3.8, 4) is 0 Å². The summed E-state index contributed by atoms with van der Waals surface area (Å²) in [5.41, 5.74) is 1.87. The van der Waals surface area contributed by atoms with Crippen LogP contribution in [0.1, 0.15) is 25.3 Å². The number of hydrogen-bond donors (Lipinski definition) is 1. The molecule has 17 heavy (non-hydrogen) atoms. The predicted molar refractivity (Wildman–Crippen MR) is 70.0 cm³/mol. The number of likely N-dealkylation sites (N-methyl/N-ethyl adjacent to an activating group) is 1. The number of benzene rings is 1. The van der Waals surface area contributed by atoms with Gasteiger partial charge in [-0.2, -0.15) is 0 Å². The van der Waals surface area contributed by atoms with Gasteiger partial charge in [0.2, 0.25) is 0 Å². The third-order valence-electron chi connectivity index (χ3n) is 3.36. The molecule has 1 saturated heterocycles. The molecule has 0 aromatic heterocycles. The van der Waals surface area contributed by atoms with Gasteiger partial charge in [0, 0.05) is 19.1 Å². The normalized spacial score (nSPS) is 20.6. The highest BCUT2D eigenvalue weighted by molar-refractivity contribution is 5.50. The van der Waals surface area contributed by atoms with Crippen molar-refractivity contribution in [2.75, 3.05) is 24.5 Å². The number of halogens is 1. The smallest absolute Gasteiger partial charge is 0.146 e. The Morgan fingerprint density at radius 3 is 3.06 bits per heavy atom. The lowest BCUT2D eigenvalue weighted by atomic mass is 10.0. The Morgan fingerprint density at radius 1 is 1.47 bits per heavy atom. The van der Waals surface area contributed by atoms with Gasteiger partial charge in [-0.3, -0.25) is 0 Å². The molecule has 1 aromatic carbocycles. The van der Waals surface area contributed by atoms with Gasteiger partial charge in [-0.1, -0.05) is 13.0 Å². The van der Waals surface area contributed by atoms with Crippen molar-refractivity contribution < 1.29 is 4.39 Å². The fraction of sp³-hybridized carbons (Fsp3) is 0.571. The van der Waals surface area contributed by atoms with E-state index in [1.54, 1.807) is 6.07 Å². The first-order valence-corrected chi connectivity index (χ1v) is 6.45. The summed E-state index contributed by atoms with van der Waals surface area (Å²) in [6.07, 6.45) is 2.32. The first-order valence-electron chi connectivity index (χ1n) is 6.45. The van der Waals surface area contributed by atoms with Crippen LogP contribution in [0.25, 0.3) is 0 Å². The van der Waals surface area contributed by atoms with Crippen LogP contribution in [0.15, 0.2) is 18.2 Å². The standard InChI is InChI=1S/C14H21FN2/c1-3-16-12-5-4-8-17(10-12)14-9-11(2)6-7-13(14)15/h6-7,9,12,16H,3-5,8,10H2,1-2H3. The highest BCUT2D eigenvalue weighted by Crippen LogP contribution is 2.24. The molecule has 0 amide bonds. The molecule has 0 spiro atoms. The van der Waals surface area contributed by atoms with Crippen LogP contribution in [0, 0.1) is 12.7 Å². The fourth-order valence-corrected chi connectivity index (χ4v) is 2.52. The maximum absolute atomic E-state index is 13.8. The van der Waals surface area contributed by atoms with Gasteiger partial charge in [-0.05, 0) is 44.0 Å². The Hall–Kier alpha value is -1.09. The Labute approximate surface area is 103 Å². The molecule has 2 nitrogen and oxygen atoms in total. The summed E-state index contributed by atoms with van der Waals surface area (Å²) in [7, 11) is 0. The van der Waals surface area contributed by atoms with Crippen LogP contribution in [0.3, 0.4) is 0 Å². The highest BCUT2D eigenvalue weighted by Gasteiger charge is 2.21. The lowest BCUT2D eigenvalue weighted by molar-refractivity contribution is 0.428. The molecular weight excluding hydrogens is 215 g/mol. The van der Waals surface area contributed by atoms with Crippen LogP contribution in [-0.4, -0.2) is 25.7 Å². The van der Waals surface area contributed by atoms with E-state index >= 15 is 0 Å². The second-order valence-corrected chi connectivity index (χ2v) is 4.80. The second-order valence-electron chi connectivity index (χ2n) is 4.80. The average molecular weight is 236 g/mol. The number of aryl methyl sites for hydroxylation is 1. The largest absolute Gasteiger partial charge is 0.368 e. The zero-order chi connectivity index (χ0) is 12.3. The van der Waals surface area contributed by atoms with Gasteiger partial charge in [-0.25, -0.2) is 4.39 Å². The van der Waals surface area contributed by atoms with Gasteiger partial charge < -0.3 is 10.2 Å². The molecule has 0 aliphatic carbocycles. The molecule has 0 bridgehead atoms. The summed E-state index contributed by atoms with van der Waals surface area (Å²) in [6.45, 7) is 6.98. The topological polar surface area (TPSA) is 15.3 Å². The fourth-order valence-electron chi connectivity index (χ4n) is 2.52. The van der Waals surface area contributed by atoms with E-state index in [2.05, 4.69) is 17.1 Å². The van der Waals surface area contributed by atoms with Crippen LogP contribution in [0.2, 0.25) is 0 Å². The number of nitrogens with zero attached hydrogens (tertiary/aromatic N) is 1. The van der Waals surface area contributed by atoms with Crippen molar-refractivity contribution >= 4 is 5.69 Å². The summed E-state index contributed by atoms with van der Waals surface area (Å²) < 4.78 is 13.8. The molecule has 3 heteroatoms. The van der Waals surface area contributed by atoms with E-state index < -0.39 is 0 Å². The van der Waals surface area contributed by atoms with Gasteiger partial charge in [0.1, 0.15) is 5.82 Å². The number of nitrogens with one attached hydrogen (secondary N) is 1. The van der Waals surface area contributed by atoms with Crippen LogP contribution >= 0.6 is 0 Å². The van der Waals surface area contributed by atoms with E-state index in [0.717, 1.165) is 37.3 Å². The Balaban J connectivity index is 2.13. The van der Waals surface area contributed by atoms with E-state index in [0.29, 0.717) is 6.04 Å². The molecule has 0 saturated carbocycles. The summed E-state index contributed by atoms with van der Waals surface area (Å²) >= 11 is 0. The van der Waals surface area contributed by atoms with Crippen molar-refractivity contribution in [3.63, 3.8) is 0 Å². The van der Waals surface area contributed by atoms with E-state index in [1.807, 2.05) is 19.1 Å². The van der Waals surface area contributed by atoms with Gasteiger partial charge in [0.05, 0.1) is 5.69 Å². The second kappa shape index (κ2) is 5.50. The average Bonchev–Trinajstić information content (AvgIpc) is 2.33. The molecule has 1 fully saturated rings. The third-order valence-corrected chi connectivity index (χ3v) is 3.36. The first kappa shape index (κ1) is 12.4. The van der Waals surface area contributed by atoms with E-state index in [1.165, 1.54) is 6.42 Å². The van der Waals surface area contributed by atoms with Gasteiger partial charge in [0.25, 0.3) is 0 Å². The SMILES string of the molecule is CCNC1CCCN(c2cc(C)ccc2F)C1. The third kappa shape index (κ3) is 2.97. The Kier molecular flexibility index (Phi) is 4.00. The van der Waals surface area contributed by atoms with Crippen LogP contribution in [-0.2, 0) is 0 Å². The molecule has 1 atom stereocenters. The Bertz CT molecular complexity index is 376. The minimum absolute atomic E-state index is 0.104. The Morgan fingerprint density at radius 2 is 2.29 bits per heavy atom. The molecule has 0 radical (unpaired) electrons. The predicted octanol–water partition coefficient (Wildman–Crippen LogP) is 2.71. The molecular formula is C14H21FN2. The molecule has 1 heterocycles. The molecule has 1 unspecified atom stereocenters. The van der Waals surface area contributed by atoms with E-state index in [4.69, 9.17) is 0 Å². The molecule has 1 aliphatic rings. The van der Waals surface area contributed by atoms with Crippen molar-refractivity contribution in [2.24, 2.45) is 0 Å². The summed E-state index contributed by atoms with van der Waals surface area (Å²) in [5.74, 6) is -0.104. The van der Waals surface area contributed by atoms with Crippen LogP contribution in [0.4, 0.5) is 10.1 Å². The molecule has 1 N–H and O–H groups in total. The van der Waals surface area contributed by atoms with Crippen LogP contribution < -0.4 is 10.2 Å². The summed E-state index contributed by atoms with van der Waals surface area (Å²) in [5, 5.41) is 3.45. The maximum Gasteiger partial charge on any atom is 0.146 e. The monoisotopic (exact) mass is 236 g/mol. The van der Waals surface area contributed by atoms with Crippen molar-refractivity contribution in [1.29, 1.82) is 0 Å². The zero-order valence-corrected chi connectivity index (χ0v) is 10.7. The molecule has 94 valence electrons. The highest BCUT2D eigenvalue weighted by atomic mass is 19.1. The summed E-state index contributed by atoms with van der Waals surface area (Å²) in [6, 6.07) is 5.84. The quantitative estimate of drug-likeness (QED) is 0.868. The molecule has 2 rings (SSSR count). The van der Waals surface area contributed by atoms with Crippen molar-refractivity contribution in [1.82, 2.24) is 5.32 Å². The first-order chi connectivity index (χ1) is 8.20. The molecule has 1 aromatic rings. The summed E-state index contributed by atoms with van der Waals surface area (Å²) in [4.78, 5) is 2.17.